The van der Waals surface area contributed by atoms with E-state index in [2.05, 4.69) is 15.4 Å². The molecule has 0 radical (unpaired) electrons. The number of rotatable bonds is 6. The molecular formula is C23H23ClN4O3. The molecular weight excluding hydrogens is 416 g/mol. The van der Waals surface area contributed by atoms with Gasteiger partial charge in [0.05, 0.1) is 11.7 Å². The summed E-state index contributed by atoms with van der Waals surface area (Å²) in [6, 6.07) is 14.6. The summed E-state index contributed by atoms with van der Waals surface area (Å²) in [5.41, 5.74) is 3.02. The van der Waals surface area contributed by atoms with Crippen LogP contribution in [0, 0.1) is 0 Å². The standard InChI is InChI=1S/C23H23ClN4O3/c1-14(2)31-22(29)20-15(3)27-23-25-13-26-28(23)21(20)17-5-4-6-19(11-17)30-12-16-7-9-18(24)10-8-16/h4-11,13-14,21H,12H2,1-3H3,(H,25,26,27). The maximum absolute atomic E-state index is 12.9. The molecule has 4 rings (SSSR count). The van der Waals surface area contributed by atoms with E-state index in [-0.39, 0.29) is 6.10 Å². The van der Waals surface area contributed by atoms with Crippen molar-refractivity contribution >= 4 is 23.5 Å². The quantitative estimate of drug-likeness (QED) is 0.559. The van der Waals surface area contributed by atoms with E-state index in [0.29, 0.717) is 34.6 Å². The summed E-state index contributed by atoms with van der Waals surface area (Å²) in [4.78, 5) is 17.2. The molecule has 8 heteroatoms. The van der Waals surface area contributed by atoms with E-state index in [9.17, 15) is 4.79 Å². The van der Waals surface area contributed by atoms with E-state index in [1.807, 2.05) is 69.3 Å². The van der Waals surface area contributed by atoms with Crippen molar-refractivity contribution in [1.82, 2.24) is 14.8 Å². The van der Waals surface area contributed by atoms with Crippen LogP contribution in [0.4, 0.5) is 5.95 Å². The number of carbonyl (C=O) groups is 1. The monoisotopic (exact) mass is 438 g/mol. The fourth-order valence-corrected chi connectivity index (χ4v) is 3.59. The Morgan fingerprint density at radius 1 is 1.23 bits per heavy atom. The van der Waals surface area contributed by atoms with Crippen molar-refractivity contribution in [3.8, 4) is 5.75 Å². The first-order chi connectivity index (χ1) is 14.9. The number of anilines is 1. The predicted octanol–water partition coefficient (Wildman–Crippen LogP) is 4.75. The van der Waals surface area contributed by atoms with Gasteiger partial charge in [-0.05, 0) is 56.2 Å². The second-order valence-electron chi connectivity index (χ2n) is 7.54. The SMILES string of the molecule is CC1=C(C(=O)OC(C)C)C(c2cccc(OCc3ccc(Cl)cc3)c2)n2ncnc2N1. The van der Waals surface area contributed by atoms with E-state index in [0.717, 1.165) is 11.1 Å². The smallest absolute Gasteiger partial charge is 0.338 e. The largest absolute Gasteiger partial charge is 0.489 e. The predicted molar refractivity (Wildman–Crippen MR) is 118 cm³/mol. The second kappa shape index (κ2) is 8.81. The van der Waals surface area contributed by atoms with Crippen molar-refractivity contribution in [2.24, 2.45) is 0 Å². The van der Waals surface area contributed by atoms with Gasteiger partial charge in [0.15, 0.2) is 0 Å². The number of nitrogens with one attached hydrogen (secondary N) is 1. The fourth-order valence-electron chi connectivity index (χ4n) is 3.46. The Bertz CT molecular complexity index is 1120. The number of nitrogens with zero attached hydrogens (tertiary/aromatic N) is 3. The summed E-state index contributed by atoms with van der Waals surface area (Å²) in [5, 5.41) is 8.16. The maximum atomic E-state index is 12.9. The lowest BCUT2D eigenvalue weighted by atomic mass is 9.95. The minimum Gasteiger partial charge on any atom is -0.489 e. The van der Waals surface area contributed by atoms with Crippen LogP contribution in [-0.2, 0) is 16.1 Å². The molecule has 7 nitrogen and oxygen atoms in total. The average Bonchev–Trinajstić information content (AvgIpc) is 3.20. The highest BCUT2D eigenvalue weighted by molar-refractivity contribution is 6.30. The number of esters is 1. The number of aromatic nitrogens is 3. The van der Waals surface area contributed by atoms with Gasteiger partial charge < -0.3 is 14.8 Å². The molecule has 0 saturated heterocycles. The van der Waals surface area contributed by atoms with Crippen LogP contribution in [0.25, 0.3) is 0 Å². The van der Waals surface area contributed by atoms with Crippen LogP contribution >= 0.6 is 11.6 Å². The number of halogens is 1. The molecule has 0 bridgehead atoms. The zero-order chi connectivity index (χ0) is 22.0. The first-order valence-corrected chi connectivity index (χ1v) is 10.4. The van der Waals surface area contributed by atoms with Crippen molar-refractivity contribution in [2.45, 2.75) is 39.5 Å². The lowest BCUT2D eigenvalue weighted by Gasteiger charge is -2.28. The Balaban J connectivity index is 1.65. The summed E-state index contributed by atoms with van der Waals surface area (Å²) in [6.07, 6.45) is 1.22. The van der Waals surface area contributed by atoms with Gasteiger partial charge in [-0.1, -0.05) is 35.9 Å². The minimum atomic E-state index is -0.482. The van der Waals surface area contributed by atoms with E-state index < -0.39 is 12.0 Å². The number of hydrogen-bond acceptors (Lipinski definition) is 6. The zero-order valence-electron chi connectivity index (χ0n) is 17.5. The third kappa shape index (κ3) is 4.56. The summed E-state index contributed by atoms with van der Waals surface area (Å²) >= 11 is 5.95. The summed E-state index contributed by atoms with van der Waals surface area (Å²) < 4.78 is 13.2. The number of allylic oxidation sites excluding steroid dienone is 1. The first-order valence-electron chi connectivity index (χ1n) is 9.98. The van der Waals surface area contributed by atoms with Gasteiger partial charge in [-0.15, -0.1) is 0 Å². The Hall–Kier alpha value is -3.32. The van der Waals surface area contributed by atoms with Crippen molar-refractivity contribution in [1.29, 1.82) is 0 Å². The number of carbonyl (C=O) groups excluding carboxylic acids is 1. The number of benzene rings is 2. The van der Waals surface area contributed by atoms with Gasteiger partial charge in [0.2, 0.25) is 5.95 Å². The number of fused-ring (bicyclic) bond motifs is 1. The molecule has 1 aliphatic heterocycles. The van der Waals surface area contributed by atoms with Gasteiger partial charge >= 0.3 is 5.97 Å². The third-order valence-electron chi connectivity index (χ3n) is 4.85. The van der Waals surface area contributed by atoms with Crippen LogP contribution in [0.3, 0.4) is 0 Å². The molecule has 2 heterocycles. The summed E-state index contributed by atoms with van der Waals surface area (Å²) in [5.74, 6) is 0.858. The van der Waals surface area contributed by atoms with Gasteiger partial charge in [-0.25, -0.2) is 9.48 Å². The molecule has 3 aromatic rings. The molecule has 31 heavy (non-hydrogen) atoms. The number of ether oxygens (including phenoxy) is 2. The van der Waals surface area contributed by atoms with Crippen LogP contribution in [0.15, 0.2) is 66.1 Å². The molecule has 0 aliphatic carbocycles. The van der Waals surface area contributed by atoms with Gasteiger partial charge in [0.1, 0.15) is 24.7 Å². The topological polar surface area (TPSA) is 78.3 Å². The van der Waals surface area contributed by atoms with Crippen molar-refractivity contribution < 1.29 is 14.3 Å². The average molecular weight is 439 g/mol. The van der Waals surface area contributed by atoms with E-state index in [4.69, 9.17) is 21.1 Å². The van der Waals surface area contributed by atoms with Crippen LogP contribution in [-0.4, -0.2) is 26.8 Å². The van der Waals surface area contributed by atoms with Crippen LogP contribution in [0.1, 0.15) is 37.9 Å². The first kappa shape index (κ1) is 20.9. The number of hydrogen-bond donors (Lipinski definition) is 1. The Morgan fingerprint density at radius 3 is 2.74 bits per heavy atom. The zero-order valence-corrected chi connectivity index (χ0v) is 18.3. The lowest BCUT2D eigenvalue weighted by molar-refractivity contribution is -0.143. The molecule has 0 saturated carbocycles. The van der Waals surface area contributed by atoms with Crippen LogP contribution in [0.5, 0.6) is 5.75 Å². The highest BCUT2D eigenvalue weighted by atomic mass is 35.5. The molecule has 1 atom stereocenters. The van der Waals surface area contributed by atoms with Crippen LogP contribution < -0.4 is 10.1 Å². The third-order valence-corrected chi connectivity index (χ3v) is 5.10. The Kier molecular flexibility index (Phi) is 5.95. The second-order valence-corrected chi connectivity index (χ2v) is 7.97. The Labute approximate surface area is 185 Å². The molecule has 1 aromatic heterocycles. The fraction of sp³-hybridized carbons (Fsp3) is 0.261. The highest BCUT2D eigenvalue weighted by Crippen LogP contribution is 2.36. The molecule has 1 N–H and O–H groups in total. The summed E-state index contributed by atoms with van der Waals surface area (Å²) in [7, 11) is 0. The molecule has 2 aromatic carbocycles. The molecule has 1 aliphatic rings. The Morgan fingerprint density at radius 2 is 2.00 bits per heavy atom. The van der Waals surface area contributed by atoms with Gasteiger partial charge in [0.25, 0.3) is 0 Å². The van der Waals surface area contributed by atoms with Crippen molar-refractivity contribution in [2.75, 3.05) is 5.32 Å². The van der Waals surface area contributed by atoms with Crippen molar-refractivity contribution in [3.05, 3.63) is 82.3 Å². The molecule has 0 amide bonds. The van der Waals surface area contributed by atoms with E-state index >= 15 is 0 Å². The highest BCUT2D eigenvalue weighted by Gasteiger charge is 2.34. The van der Waals surface area contributed by atoms with Crippen LogP contribution in [0.2, 0.25) is 5.02 Å². The maximum Gasteiger partial charge on any atom is 0.338 e. The van der Waals surface area contributed by atoms with Gasteiger partial charge in [-0.3, -0.25) is 0 Å². The molecule has 0 spiro atoms. The minimum absolute atomic E-state index is 0.236. The van der Waals surface area contributed by atoms with Crippen molar-refractivity contribution in [3.63, 3.8) is 0 Å². The molecule has 1 unspecified atom stereocenters. The normalized spacial score (nSPS) is 15.5. The summed E-state index contributed by atoms with van der Waals surface area (Å²) in [6.45, 7) is 5.89. The van der Waals surface area contributed by atoms with Gasteiger partial charge in [0, 0.05) is 10.7 Å². The molecule has 160 valence electrons. The molecule has 0 fully saturated rings. The van der Waals surface area contributed by atoms with E-state index in [1.54, 1.807) is 4.68 Å². The van der Waals surface area contributed by atoms with Gasteiger partial charge in [-0.2, -0.15) is 10.1 Å². The van der Waals surface area contributed by atoms with E-state index in [1.165, 1.54) is 6.33 Å². The lowest BCUT2D eigenvalue weighted by Crippen LogP contribution is -2.30.